The van der Waals surface area contributed by atoms with Gasteiger partial charge in [-0.15, -0.1) is 24.0 Å². The second-order valence-corrected chi connectivity index (χ2v) is 7.09. The molecule has 2 fully saturated rings. The van der Waals surface area contributed by atoms with Crippen molar-refractivity contribution >= 4 is 35.9 Å². The Kier molecular flexibility index (Phi) is 8.33. The fourth-order valence-corrected chi connectivity index (χ4v) is 3.39. The quantitative estimate of drug-likeness (QED) is 0.384. The highest BCUT2D eigenvalue weighted by Crippen LogP contribution is 2.34. The molecule has 0 bridgehead atoms. The molecule has 1 unspecified atom stereocenters. The van der Waals surface area contributed by atoms with Crippen molar-refractivity contribution in [3.05, 3.63) is 18.5 Å². The van der Waals surface area contributed by atoms with Crippen molar-refractivity contribution in [2.75, 3.05) is 58.3 Å². The van der Waals surface area contributed by atoms with Gasteiger partial charge in [-0.25, -0.2) is 9.97 Å². The number of nitrogens with one attached hydrogen (secondary N) is 1. The summed E-state index contributed by atoms with van der Waals surface area (Å²) in [6.07, 6.45) is 6.31. The molecule has 1 atom stereocenters. The van der Waals surface area contributed by atoms with E-state index in [2.05, 4.69) is 51.0 Å². The summed E-state index contributed by atoms with van der Waals surface area (Å²) in [6.45, 7) is 7.65. The molecule has 0 radical (unpaired) electrons. The normalized spacial score (nSPS) is 19.3. The molecule has 3 rings (SSSR count). The average molecular weight is 473 g/mol. The standard InChI is InChI=1S/C18H31N7.HI/c1-4-19-17(22-14-16(23(2)3)15-6-7-15)24-10-12-25(13-11-24)18-20-8-5-9-21-18;/h5,8-9,15-16H,4,6-7,10-14H2,1-3H3,(H,19,22);1H. The van der Waals surface area contributed by atoms with E-state index in [1.165, 1.54) is 12.8 Å². The molecule has 0 amide bonds. The highest BCUT2D eigenvalue weighted by Gasteiger charge is 2.32. The third-order valence-corrected chi connectivity index (χ3v) is 5.01. The highest BCUT2D eigenvalue weighted by atomic mass is 127. The van der Waals surface area contributed by atoms with Gasteiger partial charge in [0.05, 0.1) is 6.54 Å². The Balaban J connectivity index is 0.00000243. The van der Waals surface area contributed by atoms with Crippen LogP contribution in [0.4, 0.5) is 5.95 Å². The van der Waals surface area contributed by atoms with Crippen molar-refractivity contribution in [3.63, 3.8) is 0 Å². The van der Waals surface area contributed by atoms with Gasteiger partial charge in [0, 0.05) is 51.2 Å². The van der Waals surface area contributed by atoms with Gasteiger partial charge in [-0.05, 0) is 45.8 Å². The van der Waals surface area contributed by atoms with E-state index in [0.717, 1.165) is 57.1 Å². The Morgan fingerprint density at radius 1 is 1.23 bits per heavy atom. The summed E-state index contributed by atoms with van der Waals surface area (Å²) in [5.41, 5.74) is 0. The predicted molar refractivity (Wildman–Crippen MR) is 117 cm³/mol. The number of aromatic nitrogens is 2. The third-order valence-electron chi connectivity index (χ3n) is 5.01. The van der Waals surface area contributed by atoms with Crippen molar-refractivity contribution < 1.29 is 0 Å². The lowest BCUT2D eigenvalue weighted by molar-refractivity contribution is 0.269. The maximum atomic E-state index is 4.96. The van der Waals surface area contributed by atoms with Gasteiger partial charge < -0.3 is 20.0 Å². The molecule has 1 saturated heterocycles. The van der Waals surface area contributed by atoms with Crippen molar-refractivity contribution in [2.45, 2.75) is 25.8 Å². The molecule has 2 aliphatic rings. The van der Waals surface area contributed by atoms with Crippen LogP contribution in [0.1, 0.15) is 19.8 Å². The summed E-state index contributed by atoms with van der Waals surface area (Å²) in [6, 6.07) is 2.42. The number of hydrogen-bond donors (Lipinski definition) is 1. The van der Waals surface area contributed by atoms with Crippen molar-refractivity contribution in [3.8, 4) is 0 Å². The number of anilines is 1. The number of hydrogen-bond acceptors (Lipinski definition) is 5. The van der Waals surface area contributed by atoms with Crippen LogP contribution < -0.4 is 10.2 Å². The molecule has 7 nitrogen and oxygen atoms in total. The smallest absolute Gasteiger partial charge is 0.225 e. The van der Waals surface area contributed by atoms with Crippen LogP contribution in [0.3, 0.4) is 0 Å². The minimum atomic E-state index is 0. The Morgan fingerprint density at radius 2 is 1.88 bits per heavy atom. The minimum Gasteiger partial charge on any atom is -0.357 e. The summed E-state index contributed by atoms with van der Waals surface area (Å²) >= 11 is 0. The summed E-state index contributed by atoms with van der Waals surface area (Å²) < 4.78 is 0. The Morgan fingerprint density at radius 3 is 2.42 bits per heavy atom. The Labute approximate surface area is 174 Å². The molecular weight excluding hydrogens is 441 g/mol. The molecule has 8 heteroatoms. The van der Waals surface area contributed by atoms with Gasteiger partial charge in [0.25, 0.3) is 0 Å². The van der Waals surface area contributed by atoms with Gasteiger partial charge in [0.15, 0.2) is 5.96 Å². The predicted octanol–water partition coefficient (Wildman–Crippen LogP) is 1.52. The lowest BCUT2D eigenvalue weighted by atomic mass is 10.2. The molecule has 1 N–H and O–H groups in total. The minimum absolute atomic E-state index is 0. The molecule has 1 aromatic heterocycles. The Bertz CT molecular complexity index is 552. The van der Waals surface area contributed by atoms with E-state index in [0.29, 0.717) is 6.04 Å². The largest absolute Gasteiger partial charge is 0.357 e. The topological polar surface area (TPSA) is 59.9 Å². The molecule has 2 heterocycles. The fraction of sp³-hybridized carbons (Fsp3) is 0.722. The van der Waals surface area contributed by atoms with Crippen LogP contribution >= 0.6 is 24.0 Å². The number of nitrogens with zero attached hydrogens (tertiary/aromatic N) is 6. The maximum absolute atomic E-state index is 4.96. The van der Waals surface area contributed by atoms with Crippen LogP contribution in [0.2, 0.25) is 0 Å². The molecule has 1 aliphatic heterocycles. The van der Waals surface area contributed by atoms with Crippen molar-refractivity contribution in [1.82, 2.24) is 25.1 Å². The van der Waals surface area contributed by atoms with Crippen LogP contribution in [-0.2, 0) is 0 Å². The molecule has 1 aromatic rings. The SMILES string of the molecule is CCNC(=NCC(C1CC1)N(C)C)N1CCN(c2ncccn2)CC1.I. The molecule has 0 spiro atoms. The zero-order valence-electron chi connectivity index (χ0n) is 16.1. The first-order valence-corrected chi connectivity index (χ1v) is 9.40. The van der Waals surface area contributed by atoms with Gasteiger partial charge >= 0.3 is 0 Å². The van der Waals surface area contributed by atoms with Crippen LogP contribution in [-0.4, -0.2) is 85.1 Å². The Hall–Kier alpha value is -1.16. The van der Waals surface area contributed by atoms with Gasteiger partial charge in [0.1, 0.15) is 0 Å². The lowest BCUT2D eigenvalue weighted by Crippen LogP contribution is -2.53. The maximum Gasteiger partial charge on any atom is 0.225 e. The van der Waals surface area contributed by atoms with Crippen LogP contribution in [0.25, 0.3) is 0 Å². The number of rotatable bonds is 6. The van der Waals surface area contributed by atoms with E-state index < -0.39 is 0 Å². The summed E-state index contributed by atoms with van der Waals surface area (Å²) in [4.78, 5) is 20.6. The lowest BCUT2D eigenvalue weighted by Gasteiger charge is -2.36. The van der Waals surface area contributed by atoms with Crippen LogP contribution in [0, 0.1) is 5.92 Å². The second kappa shape index (κ2) is 10.2. The van der Waals surface area contributed by atoms with E-state index in [-0.39, 0.29) is 24.0 Å². The van der Waals surface area contributed by atoms with E-state index in [1.807, 2.05) is 6.07 Å². The summed E-state index contributed by atoms with van der Waals surface area (Å²) in [5.74, 6) is 2.70. The van der Waals surface area contributed by atoms with E-state index in [4.69, 9.17) is 4.99 Å². The van der Waals surface area contributed by atoms with Gasteiger partial charge in [-0.1, -0.05) is 0 Å². The fourth-order valence-electron chi connectivity index (χ4n) is 3.39. The summed E-state index contributed by atoms with van der Waals surface area (Å²) in [7, 11) is 4.34. The molecular formula is C18H32IN7. The number of guanidine groups is 1. The third kappa shape index (κ3) is 5.67. The van der Waals surface area contributed by atoms with Gasteiger partial charge in [-0.3, -0.25) is 4.99 Å². The molecule has 0 aromatic carbocycles. The first kappa shape index (κ1) is 21.1. The van der Waals surface area contributed by atoms with Gasteiger partial charge in [0.2, 0.25) is 5.95 Å². The highest BCUT2D eigenvalue weighted by molar-refractivity contribution is 14.0. The van der Waals surface area contributed by atoms with E-state index in [1.54, 1.807) is 12.4 Å². The molecule has 1 aliphatic carbocycles. The number of aliphatic imine (C=N–C) groups is 1. The zero-order chi connectivity index (χ0) is 17.6. The monoisotopic (exact) mass is 473 g/mol. The van der Waals surface area contributed by atoms with Crippen molar-refractivity contribution in [2.24, 2.45) is 10.9 Å². The number of halogens is 1. The molecule has 146 valence electrons. The summed E-state index contributed by atoms with van der Waals surface area (Å²) in [5, 5.41) is 3.47. The van der Waals surface area contributed by atoms with Crippen molar-refractivity contribution in [1.29, 1.82) is 0 Å². The second-order valence-electron chi connectivity index (χ2n) is 7.09. The van der Waals surface area contributed by atoms with E-state index >= 15 is 0 Å². The molecule has 1 saturated carbocycles. The zero-order valence-corrected chi connectivity index (χ0v) is 18.5. The number of likely N-dealkylation sites (N-methyl/N-ethyl adjacent to an activating group) is 1. The van der Waals surface area contributed by atoms with Gasteiger partial charge in [-0.2, -0.15) is 0 Å². The average Bonchev–Trinajstić information content (AvgIpc) is 3.47. The molecule has 26 heavy (non-hydrogen) atoms. The van der Waals surface area contributed by atoms with Crippen LogP contribution in [0.15, 0.2) is 23.5 Å². The van der Waals surface area contributed by atoms with E-state index in [9.17, 15) is 0 Å². The van der Waals surface area contributed by atoms with Crippen LogP contribution in [0.5, 0.6) is 0 Å². The first-order valence-electron chi connectivity index (χ1n) is 9.40. The first-order chi connectivity index (χ1) is 12.2. The number of piperazine rings is 1.